The number of hydrogen-bond donors (Lipinski definition) is 1. The van der Waals surface area contributed by atoms with Gasteiger partial charge in [0.2, 0.25) is 0 Å². The van der Waals surface area contributed by atoms with Crippen LogP contribution in [0, 0.1) is 5.92 Å². The molecule has 0 aliphatic carbocycles. The van der Waals surface area contributed by atoms with Crippen LogP contribution in [0.1, 0.15) is 37.1 Å². The molecule has 0 saturated carbocycles. The molecule has 0 amide bonds. The number of halogens is 1. The fourth-order valence-electron chi connectivity index (χ4n) is 3.97. The molecule has 1 saturated heterocycles. The minimum Gasteiger partial charge on any atom is -0.466 e. The Morgan fingerprint density at radius 1 is 1.46 bits per heavy atom. The van der Waals surface area contributed by atoms with Crippen LogP contribution >= 0.6 is 35.3 Å². The smallest absolute Gasteiger partial charge is 0.310 e. The molecule has 1 fully saturated rings. The molecule has 0 radical (unpaired) electrons. The van der Waals surface area contributed by atoms with Crippen molar-refractivity contribution in [2.75, 3.05) is 39.8 Å². The topological polar surface area (TPSA) is 57.2 Å². The Kier molecular flexibility index (Phi) is 9.49. The van der Waals surface area contributed by atoms with Crippen molar-refractivity contribution in [2.24, 2.45) is 10.9 Å². The number of carbonyl (C=O) groups is 1. The van der Waals surface area contributed by atoms with Crippen LogP contribution in [0.2, 0.25) is 0 Å². The van der Waals surface area contributed by atoms with Crippen molar-refractivity contribution in [1.29, 1.82) is 0 Å². The molecule has 28 heavy (non-hydrogen) atoms. The van der Waals surface area contributed by atoms with Gasteiger partial charge in [0, 0.05) is 50.7 Å². The van der Waals surface area contributed by atoms with Crippen molar-refractivity contribution in [3.8, 4) is 0 Å². The van der Waals surface area contributed by atoms with Crippen LogP contribution in [0.15, 0.2) is 16.4 Å². The first-order valence-corrected chi connectivity index (χ1v) is 10.9. The lowest BCUT2D eigenvalue weighted by Gasteiger charge is -2.36. The van der Waals surface area contributed by atoms with Crippen LogP contribution in [0.5, 0.6) is 0 Å². The molecule has 1 N–H and O–H groups in total. The lowest BCUT2D eigenvalue weighted by atomic mass is 9.98. The first-order valence-electron chi connectivity index (χ1n) is 10.0. The third-order valence-electron chi connectivity index (χ3n) is 5.57. The van der Waals surface area contributed by atoms with Crippen molar-refractivity contribution in [3.05, 3.63) is 21.9 Å². The van der Waals surface area contributed by atoms with Crippen molar-refractivity contribution < 1.29 is 9.53 Å². The summed E-state index contributed by atoms with van der Waals surface area (Å²) in [5, 5.41) is 5.73. The van der Waals surface area contributed by atoms with E-state index >= 15 is 0 Å². The first-order chi connectivity index (χ1) is 13.1. The summed E-state index contributed by atoms with van der Waals surface area (Å²) in [4.78, 5) is 22.8. The van der Waals surface area contributed by atoms with E-state index in [9.17, 15) is 4.79 Å². The summed E-state index contributed by atoms with van der Waals surface area (Å²) in [6.45, 7) is 9.21. The molecule has 0 aromatic carbocycles. The standard InChI is InChI=1S/C20H32N4O2S.HI/c1-4-26-19(25)17-6-5-9-24(14-17)20(21-3)22-12-15(2)23-10-7-18-16(13-23)8-11-27-18;/h8,11,15,17H,4-7,9-10,12-14H2,1-3H3,(H,21,22);1H. The van der Waals surface area contributed by atoms with Gasteiger partial charge in [-0.3, -0.25) is 14.7 Å². The summed E-state index contributed by atoms with van der Waals surface area (Å²) < 4.78 is 5.21. The number of aliphatic imine (C=N–C) groups is 1. The van der Waals surface area contributed by atoms with E-state index in [0.717, 1.165) is 51.4 Å². The number of nitrogens with zero attached hydrogens (tertiary/aromatic N) is 3. The second-order valence-corrected chi connectivity index (χ2v) is 8.40. The van der Waals surface area contributed by atoms with Gasteiger partial charge in [0.25, 0.3) is 0 Å². The summed E-state index contributed by atoms with van der Waals surface area (Å²) in [6, 6.07) is 2.69. The van der Waals surface area contributed by atoms with Gasteiger partial charge in [-0.05, 0) is 50.1 Å². The highest BCUT2D eigenvalue weighted by Gasteiger charge is 2.29. The van der Waals surface area contributed by atoms with Gasteiger partial charge in [0.1, 0.15) is 0 Å². The molecule has 3 rings (SSSR count). The molecule has 1 aromatic rings. The van der Waals surface area contributed by atoms with Crippen molar-refractivity contribution in [3.63, 3.8) is 0 Å². The summed E-state index contributed by atoms with van der Waals surface area (Å²) >= 11 is 1.88. The Morgan fingerprint density at radius 3 is 3.04 bits per heavy atom. The van der Waals surface area contributed by atoms with E-state index in [2.05, 4.69) is 38.5 Å². The lowest BCUT2D eigenvalue weighted by Crippen LogP contribution is -2.51. The lowest BCUT2D eigenvalue weighted by molar-refractivity contribution is -0.149. The number of hydrogen-bond acceptors (Lipinski definition) is 5. The highest BCUT2D eigenvalue weighted by molar-refractivity contribution is 14.0. The number of rotatable bonds is 5. The Labute approximate surface area is 189 Å². The zero-order chi connectivity index (χ0) is 19.2. The monoisotopic (exact) mass is 520 g/mol. The third-order valence-corrected chi connectivity index (χ3v) is 6.59. The quantitative estimate of drug-likeness (QED) is 0.280. The summed E-state index contributed by atoms with van der Waals surface area (Å²) in [5.41, 5.74) is 1.48. The fourth-order valence-corrected chi connectivity index (χ4v) is 4.86. The summed E-state index contributed by atoms with van der Waals surface area (Å²) in [7, 11) is 1.82. The van der Waals surface area contributed by atoms with Crippen molar-refractivity contribution >= 4 is 47.2 Å². The predicted octanol–water partition coefficient (Wildman–Crippen LogP) is 2.96. The second kappa shape index (κ2) is 11.3. The molecule has 2 aliphatic rings. The third kappa shape index (κ3) is 5.82. The fraction of sp³-hybridized carbons (Fsp3) is 0.700. The van der Waals surface area contributed by atoms with Gasteiger partial charge in [-0.2, -0.15) is 0 Å². The van der Waals surface area contributed by atoms with Gasteiger partial charge in [-0.15, -0.1) is 35.3 Å². The maximum absolute atomic E-state index is 12.1. The van der Waals surface area contributed by atoms with Gasteiger partial charge in [-0.1, -0.05) is 0 Å². The molecule has 2 unspecified atom stereocenters. The largest absolute Gasteiger partial charge is 0.466 e. The van der Waals surface area contributed by atoms with E-state index < -0.39 is 0 Å². The number of thiophene rings is 1. The Balaban J connectivity index is 0.00000280. The van der Waals surface area contributed by atoms with Gasteiger partial charge < -0.3 is 15.0 Å². The van der Waals surface area contributed by atoms with Gasteiger partial charge in [-0.25, -0.2) is 0 Å². The number of carbonyl (C=O) groups excluding carboxylic acids is 1. The van der Waals surface area contributed by atoms with Crippen LogP contribution in [-0.4, -0.2) is 67.6 Å². The van der Waals surface area contributed by atoms with E-state index in [0.29, 0.717) is 19.2 Å². The second-order valence-electron chi connectivity index (χ2n) is 7.40. The predicted molar refractivity (Wildman–Crippen MR) is 126 cm³/mol. The maximum atomic E-state index is 12.1. The minimum absolute atomic E-state index is 0. The summed E-state index contributed by atoms with van der Waals surface area (Å²) in [6.07, 6.45) is 3.05. The van der Waals surface area contributed by atoms with Crippen LogP contribution in [0.25, 0.3) is 0 Å². The van der Waals surface area contributed by atoms with Crippen molar-refractivity contribution in [1.82, 2.24) is 15.1 Å². The first kappa shape index (κ1) is 23.4. The van der Waals surface area contributed by atoms with Gasteiger partial charge in [0.05, 0.1) is 12.5 Å². The number of nitrogens with one attached hydrogen (secondary N) is 1. The Morgan fingerprint density at radius 2 is 2.29 bits per heavy atom. The summed E-state index contributed by atoms with van der Waals surface area (Å²) in [5.74, 6) is 0.767. The number of piperidine rings is 1. The molecule has 0 spiro atoms. The zero-order valence-corrected chi connectivity index (χ0v) is 20.3. The molecule has 158 valence electrons. The molecule has 0 bridgehead atoms. The molecular formula is C20H33IN4O2S. The van der Waals surface area contributed by atoms with Crippen molar-refractivity contribution in [2.45, 2.75) is 45.7 Å². The molecule has 2 aliphatic heterocycles. The highest BCUT2D eigenvalue weighted by atomic mass is 127. The van der Waals surface area contributed by atoms with Gasteiger partial charge in [0.15, 0.2) is 5.96 Å². The van der Waals surface area contributed by atoms with Crippen LogP contribution in [0.3, 0.4) is 0 Å². The molecular weight excluding hydrogens is 487 g/mol. The van der Waals surface area contributed by atoms with Gasteiger partial charge >= 0.3 is 5.97 Å². The number of ether oxygens (including phenoxy) is 1. The Hall–Kier alpha value is -0.870. The minimum atomic E-state index is -0.0779. The number of guanidine groups is 1. The van der Waals surface area contributed by atoms with Crippen LogP contribution < -0.4 is 5.32 Å². The van der Waals surface area contributed by atoms with E-state index in [1.807, 2.05) is 25.3 Å². The average Bonchev–Trinajstić information content (AvgIpc) is 3.16. The van der Waals surface area contributed by atoms with Crippen LogP contribution in [0.4, 0.5) is 0 Å². The number of esters is 1. The zero-order valence-electron chi connectivity index (χ0n) is 17.1. The molecule has 1 aromatic heterocycles. The SMILES string of the molecule is CCOC(=O)C1CCCN(C(=NC)NCC(C)N2CCc3sccc3C2)C1.I. The van der Waals surface area contributed by atoms with E-state index in [-0.39, 0.29) is 35.9 Å². The number of fused-ring (bicyclic) bond motifs is 1. The number of likely N-dealkylation sites (tertiary alicyclic amines) is 1. The molecule has 6 nitrogen and oxygen atoms in total. The van der Waals surface area contributed by atoms with E-state index in [1.54, 1.807) is 4.88 Å². The molecule has 3 heterocycles. The van der Waals surface area contributed by atoms with E-state index in [4.69, 9.17) is 4.74 Å². The average molecular weight is 520 g/mol. The maximum Gasteiger partial charge on any atom is 0.310 e. The highest BCUT2D eigenvalue weighted by Crippen LogP contribution is 2.25. The Bertz CT molecular complexity index is 666. The normalized spacial score (nSPS) is 21.5. The van der Waals surface area contributed by atoms with E-state index in [1.165, 1.54) is 5.56 Å². The molecule has 8 heteroatoms. The van der Waals surface area contributed by atoms with Crippen LogP contribution in [-0.2, 0) is 22.5 Å². The molecule has 2 atom stereocenters.